The number of rotatable bonds is 23. The standard InChI is InChI=1S/C24H47NO4/c1-3-4-5-6-7-8-9-10-11-12-13-14-15-16-24(27)25-18-20-29-22-21-28-19-17-23(2)26/h3-22H2,1-2H3,(H,25,27). The quantitative estimate of drug-likeness (QED) is 0.222. The van der Waals surface area contributed by atoms with E-state index >= 15 is 0 Å². The van der Waals surface area contributed by atoms with Crippen LogP contribution in [0.1, 0.15) is 110 Å². The molecular weight excluding hydrogens is 366 g/mol. The molecule has 5 nitrogen and oxygen atoms in total. The Hall–Kier alpha value is -0.940. The van der Waals surface area contributed by atoms with Crippen LogP contribution < -0.4 is 5.32 Å². The molecule has 29 heavy (non-hydrogen) atoms. The molecule has 0 spiro atoms. The van der Waals surface area contributed by atoms with Gasteiger partial charge in [-0.1, -0.05) is 84.0 Å². The number of carbonyl (C=O) groups is 2. The zero-order valence-electron chi connectivity index (χ0n) is 19.3. The third-order valence-corrected chi connectivity index (χ3v) is 5.05. The van der Waals surface area contributed by atoms with Crippen molar-refractivity contribution in [2.24, 2.45) is 0 Å². The Morgan fingerprint density at radius 3 is 1.62 bits per heavy atom. The Morgan fingerprint density at radius 1 is 0.621 bits per heavy atom. The number of carbonyl (C=O) groups excluding carboxylic acids is 2. The van der Waals surface area contributed by atoms with E-state index < -0.39 is 0 Å². The minimum atomic E-state index is 0.120. The molecule has 0 saturated heterocycles. The minimum absolute atomic E-state index is 0.120. The number of nitrogens with one attached hydrogen (secondary N) is 1. The molecule has 0 radical (unpaired) electrons. The molecule has 1 amide bonds. The first-order valence-electron chi connectivity index (χ1n) is 12.1. The van der Waals surface area contributed by atoms with Crippen LogP contribution in [0, 0.1) is 0 Å². The average Bonchev–Trinajstić information content (AvgIpc) is 2.70. The predicted octanol–water partition coefficient (Wildman–Crippen LogP) is 5.60. The number of unbranched alkanes of at least 4 members (excludes halogenated alkanes) is 12. The number of hydrogen-bond acceptors (Lipinski definition) is 4. The number of ether oxygens (including phenoxy) is 2. The van der Waals surface area contributed by atoms with Gasteiger partial charge in [-0.2, -0.15) is 0 Å². The number of Topliss-reactive ketones (excluding diaryl/α,β-unsaturated/α-hetero) is 1. The number of amides is 1. The Morgan fingerprint density at radius 2 is 1.10 bits per heavy atom. The van der Waals surface area contributed by atoms with Crippen molar-refractivity contribution in [2.45, 2.75) is 110 Å². The monoisotopic (exact) mass is 413 g/mol. The largest absolute Gasteiger partial charge is 0.379 e. The summed E-state index contributed by atoms with van der Waals surface area (Å²) in [6.45, 7) is 6.30. The van der Waals surface area contributed by atoms with Crippen molar-refractivity contribution in [2.75, 3.05) is 33.0 Å². The molecule has 0 saturated carbocycles. The van der Waals surface area contributed by atoms with Crippen LogP contribution in [0.15, 0.2) is 0 Å². The van der Waals surface area contributed by atoms with Gasteiger partial charge >= 0.3 is 0 Å². The molecular formula is C24H47NO4. The third kappa shape index (κ3) is 25.0. The maximum atomic E-state index is 11.8. The molecule has 0 atom stereocenters. The summed E-state index contributed by atoms with van der Waals surface area (Å²) in [7, 11) is 0. The van der Waals surface area contributed by atoms with Crippen LogP contribution in [0.3, 0.4) is 0 Å². The molecule has 0 aromatic heterocycles. The highest BCUT2D eigenvalue weighted by Gasteiger charge is 2.01. The van der Waals surface area contributed by atoms with Gasteiger partial charge in [-0.25, -0.2) is 0 Å². The van der Waals surface area contributed by atoms with Gasteiger partial charge in [0.15, 0.2) is 0 Å². The van der Waals surface area contributed by atoms with E-state index in [0.717, 1.165) is 12.8 Å². The lowest BCUT2D eigenvalue weighted by molar-refractivity contribution is -0.121. The lowest BCUT2D eigenvalue weighted by Gasteiger charge is -2.07. The van der Waals surface area contributed by atoms with Gasteiger partial charge in [-0.05, 0) is 13.3 Å². The molecule has 0 aliphatic heterocycles. The fourth-order valence-corrected chi connectivity index (χ4v) is 3.19. The summed E-state index contributed by atoms with van der Waals surface area (Å²) in [6.07, 6.45) is 18.2. The summed E-state index contributed by atoms with van der Waals surface area (Å²) >= 11 is 0. The first-order valence-corrected chi connectivity index (χ1v) is 12.1. The molecule has 0 fully saturated rings. The lowest BCUT2D eigenvalue weighted by Crippen LogP contribution is -2.27. The van der Waals surface area contributed by atoms with E-state index in [2.05, 4.69) is 12.2 Å². The van der Waals surface area contributed by atoms with Gasteiger partial charge in [-0.3, -0.25) is 9.59 Å². The summed E-state index contributed by atoms with van der Waals surface area (Å²) in [4.78, 5) is 22.5. The van der Waals surface area contributed by atoms with Crippen LogP contribution in [-0.2, 0) is 19.1 Å². The van der Waals surface area contributed by atoms with Crippen LogP contribution >= 0.6 is 0 Å². The van der Waals surface area contributed by atoms with Crippen LogP contribution in [0.25, 0.3) is 0 Å². The van der Waals surface area contributed by atoms with Crippen LogP contribution in [0.2, 0.25) is 0 Å². The van der Waals surface area contributed by atoms with Gasteiger partial charge in [-0.15, -0.1) is 0 Å². The lowest BCUT2D eigenvalue weighted by atomic mass is 10.0. The topological polar surface area (TPSA) is 64.6 Å². The summed E-state index contributed by atoms with van der Waals surface area (Å²) < 4.78 is 10.7. The van der Waals surface area contributed by atoms with E-state index in [-0.39, 0.29) is 11.7 Å². The van der Waals surface area contributed by atoms with E-state index in [9.17, 15) is 9.59 Å². The first-order chi connectivity index (χ1) is 14.2. The van der Waals surface area contributed by atoms with Gasteiger partial charge in [0.05, 0.1) is 26.4 Å². The van der Waals surface area contributed by atoms with Crippen LogP contribution in [-0.4, -0.2) is 44.7 Å². The van der Waals surface area contributed by atoms with E-state index in [4.69, 9.17) is 9.47 Å². The van der Waals surface area contributed by atoms with E-state index in [1.165, 1.54) is 70.6 Å². The molecule has 0 aromatic carbocycles. The van der Waals surface area contributed by atoms with Gasteiger partial charge in [0, 0.05) is 19.4 Å². The zero-order valence-corrected chi connectivity index (χ0v) is 19.3. The van der Waals surface area contributed by atoms with E-state index in [1.807, 2.05) is 0 Å². The van der Waals surface area contributed by atoms with Crippen molar-refractivity contribution in [1.29, 1.82) is 0 Å². The molecule has 0 heterocycles. The molecule has 0 unspecified atom stereocenters. The number of ketones is 1. The Kier molecular flexibility index (Phi) is 22.6. The second-order valence-electron chi connectivity index (χ2n) is 8.02. The predicted molar refractivity (Wildman–Crippen MR) is 120 cm³/mol. The molecule has 0 aliphatic carbocycles. The summed E-state index contributed by atoms with van der Waals surface area (Å²) in [5, 5.41) is 2.89. The summed E-state index contributed by atoms with van der Waals surface area (Å²) in [5.41, 5.74) is 0. The smallest absolute Gasteiger partial charge is 0.220 e. The molecule has 1 N–H and O–H groups in total. The van der Waals surface area contributed by atoms with Crippen molar-refractivity contribution in [3.63, 3.8) is 0 Å². The first kappa shape index (κ1) is 28.1. The average molecular weight is 414 g/mol. The fourth-order valence-electron chi connectivity index (χ4n) is 3.19. The Labute approximate surface area is 179 Å². The SMILES string of the molecule is CCCCCCCCCCCCCCCC(=O)NCCOCCOCCC(C)=O. The molecule has 0 aliphatic rings. The van der Waals surface area contributed by atoms with Gasteiger partial charge in [0.1, 0.15) is 5.78 Å². The highest BCUT2D eigenvalue weighted by molar-refractivity contribution is 5.75. The third-order valence-electron chi connectivity index (χ3n) is 5.05. The second-order valence-corrected chi connectivity index (χ2v) is 8.02. The van der Waals surface area contributed by atoms with Crippen molar-refractivity contribution < 1.29 is 19.1 Å². The normalized spacial score (nSPS) is 11.0. The molecule has 0 aromatic rings. The van der Waals surface area contributed by atoms with Crippen molar-refractivity contribution >= 4 is 11.7 Å². The molecule has 5 heteroatoms. The Bertz CT molecular complexity index is 374. The van der Waals surface area contributed by atoms with Crippen molar-refractivity contribution in [3.8, 4) is 0 Å². The maximum absolute atomic E-state index is 11.8. The van der Waals surface area contributed by atoms with Gasteiger partial charge in [0.2, 0.25) is 5.91 Å². The van der Waals surface area contributed by atoms with Gasteiger partial charge in [0.25, 0.3) is 0 Å². The highest BCUT2D eigenvalue weighted by Crippen LogP contribution is 2.12. The van der Waals surface area contributed by atoms with Crippen molar-refractivity contribution in [1.82, 2.24) is 5.32 Å². The summed E-state index contributed by atoms with van der Waals surface area (Å²) in [5.74, 6) is 0.256. The van der Waals surface area contributed by atoms with Crippen LogP contribution in [0.5, 0.6) is 0 Å². The molecule has 172 valence electrons. The van der Waals surface area contributed by atoms with Crippen molar-refractivity contribution in [3.05, 3.63) is 0 Å². The molecule has 0 bridgehead atoms. The van der Waals surface area contributed by atoms with Gasteiger partial charge < -0.3 is 14.8 Å². The fraction of sp³-hybridized carbons (Fsp3) is 0.917. The molecule has 0 rings (SSSR count). The second kappa shape index (κ2) is 23.3. The minimum Gasteiger partial charge on any atom is -0.379 e. The Balaban J connectivity index is 3.16. The summed E-state index contributed by atoms with van der Waals surface area (Å²) in [6, 6.07) is 0. The number of hydrogen-bond donors (Lipinski definition) is 1. The van der Waals surface area contributed by atoms with Crippen LogP contribution in [0.4, 0.5) is 0 Å². The van der Waals surface area contributed by atoms with E-state index in [0.29, 0.717) is 45.8 Å². The zero-order chi connectivity index (χ0) is 21.4. The van der Waals surface area contributed by atoms with E-state index in [1.54, 1.807) is 6.92 Å². The maximum Gasteiger partial charge on any atom is 0.220 e. The highest BCUT2D eigenvalue weighted by atomic mass is 16.5.